The normalized spacial score (nSPS) is 17.3. The molecule has 0 aromatic carbocycles. The van der Waals surface area contributed by atoms with Crippen molar-refractivity contribution in [2.45, 2.75) is 103 Å². The van der Waals surface area contributed by atoms with Crippen LogP contribution in [-0.2, 0) is 19.5 Å². The standard InChI is InChI=1S/C14H32P2.C8H12.BF4.Rh/c1-12(2,3)15(10)11-16(13(4,5)6)14(7,8)9;1-2-4-6-8-7-5-3-1;2-1(3,4)5;/h11H2,1-10H3;1-2,7-8H,3-6H2;;/q;;-1;/t15-;;;/m0.../s1. The van der Waals surface area contributed by atoms with E-state index in [1.807, 2.05) is 0 Å². The Morgan fingerprint density at radius 2 is 0.867 bits per heavy atom. The van der Waals surface area contributed by atoms with Gasteiger partial charge in [-0.3, -0.25) is 0 Å². The Morgan fingerprint density at radius 1 is 0.633 bits per heavy atom. The van der Waals surface area contributed by atoms with Gasteiger partial charge in [-0.1, -0.05) is 78.2 Å². The smallest absolute Gasteiger partial charge is 0.418 e. The van der Waals surface area contributed by atoms with Crippen molar-refractivity contribution >= 4 is 23.1 Å². The Bertz CT molecular complexity index is 369. The summed E-state index contributed by atoms with van der Waals surface area (Å²) < 4.78 is 39.0. The monoisotopic (exact) mass is 560 g/mol. The van der Waals surface area contributed by atoms with Crippen LogP contribution in [-0.4, -0.2) is 35.3 Å². The Morgan fingerprint density at radius 3 is 1.03 bits per heavy atom. The predicted molar refractivity (Wildman–Crippen MR) is 130 cm³/mol. The summed E-state index contributed by atoms with van der Waals surface area (Å²) in [6, 6.07) is 0. The van der Waals surface area contributed by atoms with Crippen molar-refractivity contribution in [3.63, 3.8) is 0 Å². The first kappa shape index (κ1) is 35.8. The van der Waals surface area contributed by atoms with Gasteiger partial charge in [0.1, 0.15) is 0 Å². The second kappa shape index (κ2) is 16.0. The quantitative estimate of drug-likeness (QED) is 0.179. The van der Waals surface area contributed by atoms with Crippen LogP contribution in [0.3, 0.4) is 0 Å². The molecule has 0 aromatic rings. The van der Waals surface area contributed by atoms with Crippen LogP contribution in [0.2, 0.25) is 0 Å². The molecule has 1 aliphatic carbocycles. The summed E-state index contributed by atoms with van der Waals surface area (Å²) in [4.78, 5) is 0. The summed E-state index contributed by atoms with van der Waals surface area (Å²) in [5, 5.41) is 1.47. The van der Waals surface area contributed by atoms with E-state index in [0.29, 0.717) is 15.5 Å². The first-order valence-electron chi connectivity index (χ1n) is 10.4. The third kappa shape index (κ3) is 23.9. The van der Waals surface area contributed by atoms with Crippen molar-refractivity contribution in [1.82, 2.24) is 0 Å². The molecule has 30 heavy (non-hydrogen) atoms. The Hall–Kier alpha value is 1.27. The van der Waals surface area contributed by atoms with Gasteiger partial charge in [0, 0.05) is 19.5 Å². The van der Waals surface area contributed by atoms with E-state index in [4.69, 9.17) is 0 Å². The maximum Gasteiger partial charge on any atom is 0.673 e. The molecule has 8 heteroatoms. The van der Waals surface area contributed by atoms with Gasteiger partial charge in [-0.05, 0) is 79.4 Å². The van der Waals surface area contributed by atoms with Crippen LogP contribution in [0.4, 0.5) is 17.3 Å². The molecule has 1 rings (SSSR count). The summed E-state index contributed by atoms with van der Waals surface area (Å²) in [6.07, 6.45) is 14.0. The average Bonchev–Trinajstić information content (AvgIpc) is 2.38. The minimum absolute atomic E-state index is 0. The summed E-state index contributed by atoms with van der Waals surface area (Å²) >= 11 is 0. The zero-order chi connectivity index (χ0) is 23.5. The fourth-order valence-electron chi connectivity index (χ4n) is 2.71. The molecule has 0 amide bonds. The van der Waals surface area contributed by atoms with E-state index >= 15 is 0 Å². The molecule has 0 aromatic heterocycles. The SMILES string of the molecule is C[P@@](CP(C(C)(C)C)C(C)(C)C)C(C)(C)C.F[B-](F)(F)F.[CH]1[CH]CC[CH][CH]CC1.[Rh]. The van der Waals surface area contributed by atoms with Crippen LogP contribution in [0.15, 0.2) is 0 Å². The molecule has 183 valence electrons. The van der Waals surface area contributed by atoms with Gasteiger partial charge < -0.3 is 17.3 Å². The van der Waals surface area contributed by atoms with Crippen LogP contribution in [0.1, 0.15) is 88.0 Å². The fraction of sp³-hybridized carbons (Fsp3) is 0.818. The minimum atomic E-state index is -6.00. The van der Waals surface area contributed by atoms with Crippen molar-refractivity contribution in [2.75, 3.05) is 12.6 Å². The molecular weight excluding hydrogens is 516 g/mol. The van der Waals surface area contributed by atoms with E-state index in [1.54, 1.807) is 0 Å². The second-order valence-corrected chi connectivity index (χ2v) is 17.8. The maximum absolute atomic E-state index is 9.75. The molecule has 5 radical (unpaired) electrons. The van der Waals surface area contributed by atoms with Gasteiger partial charge >= 0.3 is 7.25 Å². The molecule has 0 aliphatic heterocycles. The molecule has 0 spiro atoms. The summed E-state index contributed by atoms with van der Waals surface area (Å²) in [6.45, 7) is 24.2. The predicted octanol–water partition coefficient (Wildman–Crippen LogP) is 9.61. The number of halogens is 4. The summed E-state index contributed by atoms with van der Waals surface area (Å²) in [7, 11) is -5.78. The van der Waals surface area contributed by atoms with Crippen molar-refractivity contribution in [2.24, 2.45) is 0 Å². The Kier molecular flexibility index (Phi) is 19.1. The molecule has 0 saturated heterocycles. The van der Waals surface area contributed by atoms with Gasteiger partial charge in [0.05, 0.1) is 0 Å². The summed E-state index contributed by atoms with van der Waals surface area (Å²) in [5.41, 5.74) is 0. The van der Waals surface area contributed by atoms with Crippen molar-refractivity contribution in [1.29, 1.82) is 0 Å². The number of hydrogen-bond donors (Lipinski definition) is 0. The molecule has 1 saturated carbocycles. The van der Waals surface area contributed by atoms with Gasteiger partial charge in [0.2, 0.25) is 0 Å². The zero-order valence-electron chi connectivity index (χ0n) is 20.7. The molecule has 0 unspecified atom stereocenters. The van der Waals surface area contributed by atoms with Crippen LogP contribution in [0, 0.1) is 25.7 Å². The van der Waals surface area contributed by atoms with E-state index in [-0.39, 0.29) is 35.3 Å². The second-order valence-electron chi connectivity index (χ2n) is 10.4. The minimum Gasteiger partial charge on any atom is -0.418 e. The molecule has 1 atom stereocenters. The number of hydrogen-bond acceptors (Lipinski definition) is 0. The molecule has 0 bridgehead atoms. The topological polar surface area (TPSA) is 0 Å². The van der Waals surface area contributed by atoms with Gasteiger partial charge in [-0.25, -0.2) is 0 Å². The van der Waals surface area contributed by atoms with Gasteiger partial charge in [-0.2, -0.15) is 0 Å². The van der Waals surface area contributed by atoms with E-state index in [9.17, 15) is 17.3 Å². The molecule has 1 fully saturated rings. The maximum atomic E-state index is 9.75. The van der Waals surface area contributed by atoms with E-state index in [1.165, 1.54) is 31.6 Å². The van der Waals surface area contributed by atoms with E-state index < -0.39 is 7.25 Å². The van der Waals surface area contributed by atoms with Crippen molar-refractivity contribution in [3.05, 3.63) is 25.7 Å². The van der Waals surface area contributed by atoms with Crippen LogP contribution < -0.4 is 0 Å². The van der Waals surface area contributed by atoms with Gasteiger partial charge in [0.15, 0.2) is 0 Å². The van der Waals surface area contributed by atoms with Crippen LogP contribution in [0.25, 0.3) is 0 Å². The van der Waals surface area contributed by atoms with Crippen LogP contribution in [0.5, 0.6) is 0 Å². The largest absolute Gasteiger partial charge is 0.673 e. The fourth-order valence-corrected chi connectivity index (χ4v) is 11.5. The van der Waals surface area contributed by atoms with Crippen molar-refractivity contribution in [3.8, 4) is 0 Å². The Balaban J connectivity index is -0.000000431. The number of rotatable bonds is 2. The molecule has 0 heterocycles. The third-order valence-corrected chi connectivity index (χ3v) is 12.8. The van der Waals surface area contributed by atoms with Crippen molar-refractivity contribution < 1.29 is 36.7 Å². The zero-order valence-corrected chi connectivity index (χ0v) is 24.1. The first-order valence-corrected chi connectivity index (χ1v) is 13.9. The van der Waals surface area contributed by atoms with Gasteiger partial charge in [0.25, 0.3) is 0 Å². The first-order chi connectivity index (χ1) is 12.8. The van der Waals surface area contributed by atoms with E-state index in [0.717, 1.165) is 0 Å². The summed E-state index contributed by atoms with van der Waals surface area (Å²) in [5.74, 6) is 1.46. The third-order valence-electron chi connectivity index (χ3n) is 4.45. The Labute approximate surface area is 201 Å². The van der Waals surface area contributed by atoms with Crippen LogP contribution >= 0.6 is 15.8 Å². The molecular formula is C22H44BF4P2Rh-. The molecule has 1 aliphatic rings. The molecule has 0 nitrogen and oxygen atoms in total. The molecule has 0 N–H and O–H groups in total. The van der Waals surface area contributed by atoms with Gasteiger partial charge in [-0.15, -0.1) is 0 Å². The van der Waals surface area contributed by atoms with E-state index in [2.05, 4.69) is 94.7 Å². The average molecular weight is 560 g/mol.